The summed E-state index contributed by atoms with van der Waals surface area (Å²) >= 11 is 3.32. The number of carboxylic acid groups (broad SMARTS) is 1. The molecule has 0 radical (unpaired) electrons. The van der Waals surface area contributed by atoms with Crippen LogP contribution in [0.15, 0.2) is 28.7 Å². The second-order valence-corrected chi connectivity index (χ2v) is 5.68. The van der Waals surface area contributed by atoms with Crippen LogP contribution in [0.4, 0.5) is 0 Å². The predicted molar refractivity (Wildman–Crippen MR) is 76.6 cm³/mol. The molecule has 1 aliphatic rings. The summed E-state index contributed by atoms with van der Waals surface area (Å²) in [6, 6.07) is 7.21. The first-order valence-corrected chi connectivity index (χ1v) is 7.24. The van der Waals surface area contributed by atoms with E-state index >= 15 is 0 Å². The second kappa shape index (κ2) is 6.74. The zero-order valence-electron chi connectivity index (χ0n) is 10.9. The van der Waals surface area contributed by atoms with Gasteiger partial charge in [0, 0.05) is 17.6 Å². The zero-order chi connectivity index (χ0) is 14.5. The number of carboxylic acids is 1. The summed E-state index contributed by atoms with van der Waals surface area (Å²) in [5.41, 5.74) is 0. The highest BCUT2D eigenvalue weighted by molar-refractivity contribution is 9.10. The summed E-state index contributed by atoms with van der Waals surface area (Å²) in [6.07, 6.45) is 1.35. The number of piperidine rings is 1. The normalized spacial score (nSPS) is 18.6. The minimum atomic E-state index is -0.837. The maximum atomic E-state index is 12.0. The molecule has 0 aliphatic carbocycles. The molecule has 0 bridgehead atoms. The molecule has 1 aliphatic heterocycles. The molecule has 1 atom stereocenters. The van der Waals surface area contributed by atoms with Crippen LogP contribution >= 0.6 is 15.9 Å². The minimum absolute atomic E-state index is 0.0615. The Hall–Kier alpha value is -1.56. The van der Waals surface area contributed by atoms with Crippen molar-refractivity contribution in [3.8, 4) is 5.75 Å². The minimum Gasteiger partial charge on any atom is -0.484 e. The van der Waals surface area contributed by atoms with E-state index in [9.17, 15) is 9.59 Å². The Labute approximate surface area is 125 Å². The third kappa shape index (κ3) is 3.96. The lowest BCUT2D eigenvalue weighted by Crippen LogP contribution is -2.44. The van der Waals surface area contributed by atoms with E-state index in [0.29, 0.717) is 18.7 Å². The van der Waals surface area contributed by atoms with Gasteiger partial charge in [0.15, 0.2) is 6.61 Å². The Balaban J connectivity index is 1.85. The highest BCUT2D eigenvalue weighted by atomic mass is 79.9. The van der Waals surface area contributed by atoms with Crippen LogP contribution < -0.4 is 4.74 Å². The monoisotopic (exact) mass is 341 g/mol. The molecule has 5 nitrogen and oxygen atoms in total. The van der Waals surface area contributed by atoms with Gasteiger partial charge in [0.05, 0.1) is 5.92 Å². The Morgan fingerprint density at radius 2 is 2.05 bits per heavy atom. The van der Waals surface area contributed by atoms with Gasteiger partial charge in [0.1, 0.15) is 5.75 Å². The van der Waals surface area contributed by atoms with E-state index in [1.54, 1.807) is 17.0 Å². The van der Waals surface area contributed by atoms with Crippen molar-refractivity contribution in [1.82, 2.24) is 4.90 Å². The molecule has 0 spiro atoms. The van der Waals surface area contributed by atoms with Crippen molar-refractivity contribution < 1.29 is 19.4 Å². The molecule has 1 saturated heterocycles. The standard InChI is InChI=1S/C14H16BrNO4/c15-11-3-5-12(6-4-11)20-9-13(17)16-7-1-2-10(8-16)14(18)19/h3-6,10H,1-2,7-9H2,(H,18,19). The van der Waals surface area contributed by atoms with Crippen molar-refractivity contribution in [2.75, 3.05) is 19.7 Å². The van der Waals surface area contributed by atoms with Crippen molar-refractivity contribution in [3.05, 3.63) is 28.7 Å². The molecule has 1 amide bonds. The largest absolute Gasteiger partial charge is 0.484 e. The van der Waals surface area contributed by atoms with E-state index in [0.717, 1.165) is 10.9 Å². The van der Waals surface area contributed by atoms with E-state index in [-0.39, 0.29) is 19.1 Å². The zero-order valence-corrected chi connectivity index (χ0v) is 12.5. The number of nitrogens with zero attached hydrogens (tertiary/aromatic N) is 1. The number of carbonyl (C=O) groups excluding carboxylic acids is 1. The number of carbonyl (C=O) groups is 2. The lowest BCUT2D eigenvalue weighted by molar-refractivity contribution is -0.146. The quantitative estimate of drug-likeness (QED) is 0.911. The number of likely N-dealkylation sites (tertiary alicyclic amines) is 1. The van der Waals surface area contributed by atoms with Crippen molar-refractivity contribution in [2.45, 2.75) is 12.8 Å². The maximum Gasteiger partial charge on any atom is 0.308 e. The number of aliphatic carboxylic acids is 1. The molecule has 0 saturated carbocycles. The Bertz CT molecular complexity index is 488. The van der Waals surface area contributed by atoms with Crippen molar-refractivity contribution in [3.63, 3.8) is 0 Å². The first-order valence-electron chi connectivity index (χ1n) is 6.45. The number of halogens is 1. The molecule has 6 heteroatoms. The Morgan fingerprint density at radius 1 is 1.35 bits per heavy atom. The average Bonchev–Trinajstić information content (AvgIpc) is 2.46. The highest BCUT2D eigenvalue weighted by Crippen LogP contribution is 2.18. The first kappa shape index (κ1) is 14.8. The molecule has 2 rings (SSSR count). The van der Waals surface area contributed by atoms with Crippen LogP contribution in [0.2, 0.25) is 0 Å². The molecular formula is C14H16BrNO4. The number of rotatable bonds is 4. The van der Waals surface area contributed by atoms with Gasteiger partial charge in [-0.25, -0.2) is 0 Å². The third-order valence-corrected chi connectivity index (χ3v) is 3.83. The fourth-order valence-electron chi connectivity index (χ4n) is 2.17. The van der Waals surface area contributed by atoms with Crippen LogP contribution in [-0.2, 0) is 9.59 Å². The third-order valence-electron chi connectivity index (χ3n) is 3.30. The van der Waals surface area contributed by atoms with Gasteiger partial charge in [-0.2, -0.15) is 0 Å². The molecule has 1 aromatic rings. The van der Waals surface area contributed by atoms with Crippen LogP contribution in [0.3, 0.4) is 0 Å². The smallest absolute Gasteiger partial charge is 0.308 e. The predicted octanol–water partition coefficient (Wildman–Crippen LogP) is 2.15. The molecule has 0 aromatic heterocycles. The fraction of sp³-hybridized carbons (Fsp3) is 0.429. The van der Waals surface area contributed by atoms with Gasteiger partial charge in [-0.1, -0.05) is 15.9 Å². The topological polar surface area (TPSA) is 66.8 Å². The number of hydrogen-bond acceptors (Lipinski definition) is 3. The van der Waals surface area contributed by atoms with Crippen LogP contribution in [0.1, 0.15) is 12.8 Å². The van der Waals surface area contributed by atoms with E-state index in [1.807, 2.05) is 12.1 Å². The lowest BCUT2D eigenvalue weighted by atomic mass is 9.98. The number of benzene rings is 1. The average molecular weight is 342 g/mol. The van der Waals surface area contributed by atoms with Crippen molar-refractivity contribution >= 4 is 27.8 Å². The van der Waals surface area contributed by atoms with Crippen molar-refractivity contribution in [2.24, 2.45) is 5.92 Å². The lowest BCUT2D eigenvalue weighted by Gasteiger charge is -2.30. The van der Waals surface area contributed by atoms with E-state index in [1.165, 1.54) is 0 Å². The Kier molecular flexibility index (Phi) is 5.00. The van der Waals surface area contributed by atoms with Gasteiger partial charge in [-0.05, 0) is 37.1 Å². The van der Waals surface area contributed by atoms with Gasteiger partial charge in [-0.3, -0.25) is 9.59 Å². The first-order chi connectivity index (χ1) is 9.56. The molecule has 1 heterocycles. The molecule has 1 aromatic carbocycles. The number of ether oxygens (including phenoxy) is 1. The van der Waals surface area contributed by atoms with E-state index in [2.05, 4.69) is 15.9 Å². The molecular weight excluding hydrogens is 326 g/mol. The van der Waals surface area contributed by atoms with Gasteiger partial charge in [0.25, 0.3) is 5.91 Å². The Morgan fingerprint density at radius 3 is 2.70 bits per heavy atom. The molecule has 1 unspecified atom stereocenters. The summed E-state index contributed by atoms with van der Waals surface area (Å²) in [4.78, 5) is 24.5. The van der Waals surface area contributed by atoms with Gasteiger partial charge >= 0.3 is 5.97 Å². The number of hydrogen-bond donors (Lipinski definition) is 1. The van der Waals surface area contributed by atoms with Crippen LogP contribution in [0, 0.1) is 5.92 Å². The van der Waals surface area contributed by atoms with Gasteiger partial charge in [0.2, 0.25) is 0 Å². The number of amides is 1. The molecule has 1 N–H and O–H groups in total. The summed E-state index contributed by atoms with van der Waals surface area (Å²) in [7, 11) is 0. The second-order valence-electron chi connectivity index (χ2n) is 4.76. The summed E-state index contributed by atoms with van der Waals surface area (Å²) in [5, 5.41) is 9.00. The van der Waals surface area contributed by atoms with E-state index in [4.69, 9.17) is 9.84 Å². The van der Waals surface area contributed by atoms with Gasteiger partial charge < -0.3 is 14.7 Å². The molecule has 1 fully saturated rings. The summed E-state index contributed by atoms with van der Waals surface area (Å²) in [5.74, 6) is -0.844. The SMILES string of the molecule is O=C(O)C1CCCN(C(=O)COc2ccc(Br)cc2)C1. The summed E-state index contributed by atoms with van der Waals surface area (Å²) in [6.45, 7) is 0.818. The molecule has 20 heavy (non-hydrogen) atoms. The van der Waals surface area contributed by atoms with Gasteiger partial charge in [-0.15, -0.1) is 0 Å². The highest BCUT2D eigenvalue weighted by Gasteiger charge is 2.28. The van der Waals surface area contributed by atoms with Crippen LogP contribution in [-0.4, -0.2) is 41.6 Å². The molecule has 108 valence electrons. The van der Waals surface area contributed by atoms with Crippen LogP contribution in [0.25, 0.3) is 0 Å². The van der Waals surface area contributed by atoms with Crippen molar-refractivity contribution in [1.29, 1.82) is 0 Å². The maximum absolute atomic E-state index is 12.0. The summed E-state index contributed by atoms with van der Waals surface area (Å²) < 4.78 is 6.35. The van der Waals surface area contributed by atoms with Crippen LogP contribution in [0.5, 0.6) is 5.75 Å². The fourth-order valence-corrected chi connectivity index (χ4v) is 2.44. The van der Waals surface area contributed by atoms with E-state index < -0.39 is 11.9 Å².